The minimum atomic E-state index is -4.70. The van der Waals surface area contributed by atoms with Crippen LogP contribution in [0.4, 0.5) is 0 Å². The van der Waals surface area contributed by atoms with Gasteiger partial charge in [-0.15, -0.1) is 0 Å². The molecule has 1 amide bonds. The molecule has 0 aliphatic carbocycles. The molecule has 0 aromatic rings. The molecule has 0 radical (unpaired) electrons. The van der Waals surface area contributed by atoms with Gasteiger partial charge in [-0.1, -0.05) is 162 Å². The van der Waals surface area contributed by atoms with E-state index in [0.29, 0.717) is 30.3 Å². The topological polar surface area (TPSA) is 128 Å². The minimum absolute atomic E-state index is 0.0615. The van der Waals surface area contributed by atoms with Crippen LogP contribution in [-0.4, -0.2) is 79.8 Å². The highest BCUT2D eigenvalue weighted by Gasteiger charge is 2.29. The molecule has 0 fully saturated rings. The second kappa shape index (κ2) is 43.0. The van der Waals surface area contributed by atoms with Crippen molar-refractivity contribution in [3.63, 3.8) is 0 Å². The summed E-state index contributed by atoms with van der Waals surface area (Å²) in [5.41, 5.74) is 0. The molecule has 360 valence electrons. The first-order valence-corrected chi connectivity index (χ1v) is 25.8. The van der Waals surface area contributed by atoms with E-state index in [1.54, 1.807) is 0 Å². The average Bonchev–Trinajstić information content (AvgIpc) is 3.24. The molecule has 0 saturated heterocycles. The van der Waals surface area contributed by atoms with Gasteiger partial charge in [0.1, 0.15) is 19.3 Å². The molecule has 0 rings (SSSR count). The molecule has 0 aromatic carbocycles. The first kappa shape index (κ1) is 60.1. The Morgan fingerprint density at radius 1 is 0.587 bits per heavy atom. The fourth-order valence-electron chi connectivity index (χ4n) is 6.21. The molecule has 0 aliphatic rings. The first-order valence-electron chi connectivity index (χ1n) is 24.3. The summed E-state index contributed by atoms with van der Waals surface area (Å²) < 4.78 is 23.1. The summed E-state index contributed by atoms with van der Waals surface area (Å²) in [6.45, 7) is 4.23. The third-order valence-electron chi connectivity index (χ3n) is 10.1. The van der Waals surface area contributed by atoms with Crippen LogP contribution in [0.5, 0.6) is 0 Å². The van der Waals surface area contributed by atoms with Gasteiger partial charge in [0.15, 0.2) is 0 Å². The molecule has 4 atom stereocenters. The molecular formula is C53H91N2O7P. The number of phosphoric ester groups is 1. The third kappa shape index (κ3) is 44.1. The predicted molar refractivity (Wildman–Crippen MR) is 266 cm³/mol. The summed E-state index contributed by atoms with van der Waals surface area (Å²) in [6, 6.07) is -1.12. The number of allylic oxidation sites excluding steroid dienone is 18. The van der Waals surface area contributed by atoms with Gasteiger partial charge >= 0.3 is 0 Å². The summed E-state index contributed by atoms with van der Waals surface area (Å²) in [4.78, 5) is 25.4. The van der Waals surface area contributed by atoms with Crippen LogP contribution in [0.25, 0.3) is 0 Å². The molecule has 0 heterocycles. The summed E-state index contributed by atoms with van der Waals surface area (Å²) in [6.07, 6.45) is 58.6. The fourth-order valence-corrected chi connectivity index (χ4v) is 6.93. The van der Waals surface area contributed by atoms with E-state index in [4.69, 9.17) is 9.05 Å². The Morgan fingerprint density at radius 3 is 1.48 bits per heavy atom. The van der Waals surface area contributed by atoms with Crippen LogP contribution in [0.15, 0.2) is 109 Å². The van der Waals surface area contributed by atoms with Crippen molar-refractivity contribution in [2.45, 2.75) is 180 Å². The van der Waals surface area contributed by atoms with Crippen LogP contribution in [-0.2, 0) is 18.4 Å². The second-order valence-corrected chi connectivity index (χ2v) is 18.6. The molecule has 0 aliphatic heterocycles. The van der Waals surface area contributed by atoms with Gasteiger partial charge in [0.05, 0.1) is 39.9 Å². The standard InChI is InChI=1S/C53H91N2O7P/c1-6-8-10-12-14-16-18-20-21-22-23-24-25-26-27-28-29-30-31-32-33-34-36-38-40-42-44-46-52(57)54-50(49-62-63(59,60)61-48-47-55(3,4)5)53(58)51(56)45-43-41-39-37-35-19-17-15-13-11-9-7-2/h8,10,14,16,20-21,23-24,26-27,29-30,32-33,36-39,50-51,53,56,58H,6-7,9,11-13,15,17-19,22,25,28,31,34-35,40-49H2,1-5H3,(H-,54,57,59,60)/b10-8-,16-14-,21-20-,24-23-,27-26-,30-29-,33-32-,38-36-,39-37+. The van der Waals surface area contributed by atoms with Crippen LogP contribution < -0.4 is 10.2 Å². The molecular weight excluding hydrogens is 808 g/mol. The number of carbonyl (C=O) groups excluding carboxylic acids is 1. The van der Waals surface area contributed by atoms with Gasteiger partial charge in [-0.3, -0.25) is 9.36 Å². The van der Waals surface area contributed by atoms with Crippen LogP contribution in [0.3, 0.4) is 0 Å². The Balaban J connectivity index is 4.52. The average molecular weight is 899 g/mol. The van der Waals surface area contributed by atoms with Gasteiger partial charge in [0.25, 0.3) is 7.82 Å². The predicted octanol–water partition coefficient (Wildman–Crippen LogP) is 12.4. The number of quaternary nitrogens is 1. The van der Waals surface area contributed by atoms with Gasteiger partial charge in [0, 0.05) is 6.42 Å². The van der Waals surface area contributed by atoms with E-state index in [1.807, 2.05) is 21.1 Å². The van der Waals surface area contributed by atoms with E-state index in [1.165, 1.54) is 44.9 Å². The van der Waals surface area contributed by atoms with Crippen molar-refractivity contribution in [3.8, 4) is 0 Å². The highest BCUT2D eigenvalue weighted by atomic mass is 31.2. The van der Waals surface area contributed by atoms with Gasteiger partial charge in [-0.2, -0.15) is 0 Å². The summed E-state index contributed by atoms with van der Waals surface area (Å²) in [5, 5.41) is 24.6. The SMILES string of the molecule is CC/C=C\C/C=C\C/C=C\C/C=C\C/C=C\C/C=C\C/C=C\C/C=C\CCCCC(=O)NC(COP(=O)([O-])OCC[N+](C)(C)C)C(O)C(O)CCC/C=C/CCCCCCCCC. The second-order valence-electron chi connectivity index (χ2n) is 17.2. The van der Waals surface area contributed by atoms with E-state index in [9.17, 15) is 24.5 Å². The lowest BCUT2D eigenvalue weighted by atomic mass is 10.0. The molecule has 3 N–H and O–H groups in total. The maximum absolute atomic E-state index is 12.9. The lowest BCUT2D eigenvalue weighted by Gasteiger charge is -2.31. The molecule has 4 unspecified atom stereocenters. The Bertz CT molecular complexity index is 1410. The van der Waals surface area contributed by atoms with E-state index in [-0.39, 0.29) is 18.9 Å². The summed E-state index contributed by atoms with van der Waals surface area (Å²) in [5.74, 6) is -0.337. The normalized spacial score (nSPS) is 15.6. The summed E-state index contributed by atoms with van der Waals surface area (Å²) in [7, 11) is 1.06. The Morgan fingerprint density at radius 2 is 1.00 bits per heavy atom. The minimum Gasteiger partial charge on any atom is -0.756 e. The number of hydrogen-bond acceptors (Lipinski definition) is 7. The molecule has 0 spiro atoms. The van der Waals surface area contributed by atoms with E-state index >= 15 is 0 Å². The Kier molecular flexibility index (Phi) is 41.1. The van der Waals surface area contributed by atoms with Crippen molar-refractivity contribution in [3.05, 3.63) is 109 Å². The number of phosphoric acid groups is 1. The number of aliphatic hydroxyl groups excluding tert-OH is 2. The van der Waals surface area contributed by atoms with Crippen molar-refractivity contribution in [2.75, 3.05) is 40.9 Å². The van der Waals surface area contributed by atoms with Crippen LogP contribution in [0.1, 0.15) is 162 Å². The van der Waals surface area contributed by atoms with Crippen LogP contribution in [0, 0.1) is 0 Å². The zero-order chi connectivity index (χ0) is 46.5. The first-order chi connectivity index (χ1) is 30.4. The quantitative estimate of drug-likeness (QED) is 0.0241. The zero-order valence-electron chi connectivity index (χ0n) is 40.3. The number of nitrogens with zero attached hydrogens (tertiary/aromatic N) is 1. The van der Waals surface area contributed by atoms with Crippen molar-refractivity contribution in [1.29, 1.82) is 0 Å². The van der Waals surface area contributed by atoms with E-state index in [0.717, 1.165) is 77.0 Å². The maximum Gasteiger partial charge on any atom is 0.268 e. The molecule has 63 heavy (non-hydrogen) atoms. The van der Waals surface area contributed by atoms with Gasteiger partial charge in [-0.05, 0) is 103 Å². The lowest BCUT2D eigenvalue weighted by molar-refractivity contribution is -0.870. The fraction of sp³-hybridized carbons (Fsp3) is 0.642. The molecule has 9 nitrogen and oxygen atoms in total. The van der Waals surface area contributed by atoms with Crippen molar-refractivity contribution in [2.24, 2.45) is 0 Å². The number of amides is 1. The monoisotopic (exact) mass is 899 g/mol. The van der Waals surface area contributed by atoms with Crippen LogP contribution >= 0.6 is 7.82 Å². The number of rotatable bonds is 42. The Hall–Kier alpha value is -2.88. The maximum atomic E-state index is 12.9. The summed E-state index contributed by atoms with van der Waals surface area (Å²) >= 11 is 0. The van der Waals surface area contributed by atoms with Crippen molar-refractivity contribution < 1.29 is 38.0 Å². The van der Waals surface area contributed by atoms with Crippen molar-refractivity contribution >= 4 is 13.7 Å². The molecule has 0 bridgehead atoms. The highest BCUT2D eigenvalue weighted by molar-refractivity contribution is 7.45. The van der Waals surface area contributed by atoms with Crippen LogP contribution in [0.2, 0.25) is 0 Å². The Labute approximate surface area is 385 Å². The van der Waals surface area contributed by atoms with Gasteiger partial charge in [-0.25, -0.2) is 0 Å². The van der Waals surface area contributed by atoms with Crippen molar-refractivity contribution in [1.82, 2.24) is 5.32 Å². The van der Waals surface area contributed by atoms with Gasteiger partial charge < -0.3 is 34.0 Å². The number of likely N-dealkylation sites (N-methyl/N-ethyl adjacent to an activating group) is 1. The third-order valence-corrected chi connectivity index (χ3v) is 11.1. The number of aliphatic hydroxyl groups is 2. The molecule has 0 saturated carbocycles. The smallest absolute Gasteiger partial charge is 0.268 e. The van der Waals surface area contributed by atoms with E-state index < -0.39 is 32.7 Å². The molecule has 0 aromatic heterocycles. The van der Waals surface area contributed by atoms with Gasteiger partial charge in [0.2, 0.25) is 5.91 Å². The zero-order valence-corrected chi connectivity index (χ0v) is 41.2. The number of hydrogen-bond donors (Lipinski definition) is 3. The highest BCUT2D eigenvalue weighted by Crippen LogP contribution is 2.38. The number of nitrogens with one attached hydrogen (secondary N) is 1. The molecule has 10 heteroatoms. The number of unbranched alkanes of at least 4 members (excludes halogenated alkanes) is 10. The van der Waals surface area contributed by atoms with E-state index in [2.05, 4.69) is 129 Å². The lowest BCUT2D eigenvalue weighted by Crippen LogP contribution is -2.51. The number of carbonyl (C=O) groups is 1. The largest absolute Gasteiger partial charge is 0.756 e.